The van der Waals surface area contributed by atoms with Crippen molar-refractivity contribution in [1.82, 2.24) is 9.78 Å². The van der Waals surface area contributed by atoms with Gasteiger partial charge in [-0.05, 0) is 13.0 Å². The number of aliphatic hydroxyl groups excluding tert-OH is 1. The smallest absolute Gasteiger partial charge is 0.0983 e. The van der Waals surface area contributed by atoms with Crippen LogP contribution < -0.4 is 5.73 Å². The Kier molecular flexibility index (Phi) is 5.04. The topological polar surface area (TPSA) is 73.3 Å². The minimum atomic E-state index is -0.665. The number of hydrogen-bond donors (Lipinski definition) is 2. The fourth-order valence-electron chi connectivity index (χ4n) is 1.35. The zero-order valence-electron chi connectivity index (χ0n) is 8.69. The summed E-state index contributed by atoms with van der Waals surface area (Å²) in [6.45, 7) is 1.51. The molecular weight excluding hydrogens is 218 g/mol. The molecule has 15 heavy (non-hydrogen) atoms. The van der Waals surface area contributed by atoms with Crippen LogP contribution in [0.2, 0.25) is 5.02 Å². The Morgan fingerprint density at radius 1 is 1.73 bits per heavy atom. The van der Waals surface area contributed by atoms with Gasteiger partial charge in [0.25, 0.3) is 0 Å². The summed E-state index contributed by atoms with van der Waals surface area (Å²) in [5, 5.41) is 14.3. The van der Waals surface area contributed by atoms with Crippen LogP contribution >= 0.6 is 11.6 Å². The van der Waals surface area contributed by atoms with Gasteiger partial charge in [-0.3, -0.25) is 4.68 Å². The molecule has 0 aliphatic carbocycles. The quantitative estimate of drug-likeness (QED) is 0.753. The second-order valence-corrected chi connectivity index (χ2v) is 3.59. The predicted octanol–water partition coefficient (Wildman–Crippen LogP) is 0.565. The third-order valence-corrected chi connectivity index (χ3v) is 2.39. The lowest BCUT2D eigenvalue weighted by atomic mass is 10.2. The van der Waals surface area contributed by atoms with Gasteiger partial charge >= 0.3 is 0 Å². The maximum Gasteiger partial charge on any atom is 0.0983 e. The molecule has 6 heteroatoms. The molecule has 1 unspecified atom stereocenters. The second-order valence-electron chi connectivity index (χ2n) is 3.19. The number of aromatic nitrogens is 2. The lowest BCUT2D eigenvalue weighted by Crippen LogP contribution is -2.15. The normalized spacial score (nSPS) is 13.1. The maximum absolute atomic E-state index is 9.80. The first-order chi connectivity index (χ1) is 7.20. The molecule has 1 heterocycles. The Morgan fingerprint density at radius 3 is 3.07 bits per heavy atom. The SMILES string of the molecule is COCCn1ncc(Cl)c1C(O)CCN. The van der Waals surface area contributed by atoms with E-state index in [-0.39, 0.29) is 0 Å². The van der Waals surface area contributed by atoms with E-state index in [0.717, 1.165) is 0 Å². The fraction of sp³-hybridized carbons (Fsp3) is 0.667. The van der Waals surface area contributed by atoms with E-state index in [4.69, 9.17) is 22.1 Å². The molecule has 5 nitrogen and oxygen atoms in total. The number of hydrogen-bond acceptors (Lipinski definition) is 4. The van der Waals surface area contributed by atoms with Gasteiger partial charge in [0.05, 0.1) is 36.2 Å². The highest BCUT2D eigenvalue weighted by Gasteiger charge is 2.17. The molecule has 0 bridgehead atoms. The molecule has 0 amide bonds. The molecule has 0 saturated heterocycles. The number of methoxy groups -OCH3 is 1. The van der Waals surface area contributed by atoms with Crippen molar-refractivity contribution in [2.24, 2.45) is 5.73 Å². The molecule has 0 aliphatic rings. The summed E-state index contributed by atoms with van der Waals surface area (Å²) in [5.74, 6) is 0. The average molecular weight is 234 g/mol. The van der Waals surface area contributed by atoms with E-state index in [1.165, 1.54) is 6.20 Å². The molecule has 0 saturated carbocycles. The Morgan fingerprint density at radius 2 is 2.47 bits per heavy atom. The summed E-state index contributed by atoms with van der Waals surface area (Å²) in [7, 11) is 1.61. The van der Waals surface area contributed by atoms with Gasteiger partial charge in [-0.25, -0.2) is 0 Å². The summed E-state index contributed by atoms with van der Waals surface area (Å²) in [6, 6.07) is 0. The molecule has 0 aromatic carbocycles. The van der Waals surface area contributed by atoms with Crippen LogP contribution in [0.25, 0.3) is 0 Å². The third-order valence-electron chi connectivity index (χ3n) is 2.10. The molecule has 0 radical (unpaired) electrons. The van der Waals surface area contributed by atoms with Crippen molar-refractivity contribution in [2.75, 3.05) is 20.3 Å². The first-order valence-corrected chi connectivity index (χ1v) is 5.16. The van der Waals surface area contributed by atoms with Crippen LogP contribution in [0, 0.1) is 0 Å². The highest BCUT2D eigenvalue weighted by Crippen LogP contribution is 2.24. The van der Waals surface area contributed by atoms with Crippen LogP contribution in [0.15, 0.2) is 6.20 Å². The summed E-state index contributed by atoms with van der Waals surface area (Å²) < 4.78 is 6.58. The molecule has 1 rings (SSSR count). The maximum atomic E-state index is 9.80. The molecular formula is C9H16ClN3O2. The van der Waals surface area contributed by atoms with Gasteiger partial charge in [-0.2, -0.15) is 5.10 Å². The monoisotopic (exact) mass is 233 g/mol. The standard InChI is InChI=1S/C9H16ClN3O2/c1-15-5-4-13-9(7(10)6-12-13)8(14)2-3-11/h6,8,14H,2-5,11H2,1H3. The minimum absolute atomic E-state index is 0.410. The van der Waals surface area contributed by atoms with E-state index in [1.54, 1.807) is 11.8 Å². The average Bonchev–Trinajstić information content (AvgIpc) is 2.57. The van der Waals surface area contributed by atoms with Crippen molar-refractivity contribution in [3.8, 4) is 0 Å². The van der Waals surface area contributed by atoms with Crippen LogP contribution in [0.1, 0.15) is 18.2 Å². The van der Waals surface area contributed by atoms with E-state index in [1.807, 2.05) is 0 Å². The molecule has 1 aromatic heterocycles. The Labute approximate surface area is 93.8 Å². The van der Waals surface area contributed by atoms with E-state index in [9.17, 15) is 5.11 Å². The van der Waals surface area contributed by atoms with Gasteiger partial charge in [0.15, 0.2) is 0 Å². The van der Waals surface area contributed by atoms with Gasteiger partial charge in [0.1, 0.15) is 0 Å². The molecule has 0 fully saturated rings. The fourth-order valence-corrected chi connectivity index (χ4v) is 1.62. The third kappa shape index (κ3) is 3.17. The first-order valence-electron chi connectivity index (χ1n) is 4.79. The highest BCUT2D eigenvalue weighted by molar-refractivity contribution is 6.31. The summed E-state index contributed by atoms with van der Waals surface area (Å²) in [5.41, 5.74) is 5.99. The lowest BCUT2D eigenvalue weighted by molar-refractivity contribution is 0.148. The minimum Gasteiger partial charge on any atom is -0.387 e. The zero-order chi connectivity index (χ0) is 11.3. The summed E-state index contributed by atoms with van der Waals surface area (Å²) in [6.07, 6.45) is 1.33. The summed E-state index contributed by atoms with van der Waals surface area (Å²) in [4.78, 5) is 0. The van der Waals surface area contributed by atoms with Crippen LogP contribution in [0.4, 0.5) is 0 Å². The van der Waals surface area contributed by atoms with Crippen molar-refractivity contribution in [3.05, 3.63) is 16.9 Å². The number of nitrogens with zero attached hydrogens (tertiary/aromatic N) is 2. The number of ether oxygens (including phenoxy) is 1. The summed E-state index contributed by atoms with van der Waals surface area (Å²) >= 11 is 5.93. The van der Waals surface area contributed by atoms with Crippen molar-refractivity contribution in [1.29, 1.82) is 0 Å². The first kappa shape index (κ1) is 12.4. The molecule has 1 aromatic rings. The number of halogens is 1. The van der Waals surface area contributed by atoms with Crippen molar-refractivity contribution in [3.63, 3.8) is 0 Å². The van der Waals surface area contributed by atoms with Gasteiger partial charge < -0.3 is 15.6 Å². The second kappa shape index (κ2) is 6.07. The Hall–Kier alpha value is -0.620. The van der Waals surface area contributed by atoms with Gasteiger partial charge in [-0.1, -0.05) is 11.6 Å². The molecule has 3 N–H and O–H groups in total. The number of nitrogens with two attached hydrogens (primary N) is 1. The molecule has 0 aliphatic heterocycles. The van der Waals surface area contributed by atoms with Crippen molar-refractivity contribution in [2.45, 2.75) is 19.1 Å². The Balaban J connectivity index is 2.78. The van der Waals surface area contributed by atoms with Gasteiger partial charge in [0.2, 0.25) is 0 Å². The van der Waals surface area contributed by atoms with E-state index in [2.05, 4.69) is 5.10 Å². The van der Waals surface area contributed by atoms with E-state index in [0.29, 0.717) is 36.8 Å². The van der Waals surface area contributed by atoms with E-state index >= 15 is 0 Å². The zero-order valence-corrected chi connectivity index (χ0v) is 9.44. The highest BCUT2D eigenvalue weighted by atomic mass is 35.5. The number of rotatable bonds is 6. The van der Waals surface area contributed by atoms with Crippen molar-refractivity contribution < 1.29 is 9.84 Å². The van der Waals surface area contributed by atoms with Crippen LogP contribution in [-0.4, -0.2) is 35.1 Å². The van der Waals surface area contributed by atoms with E-state index < -0.39 is 6.10 Å². The molecule has 1 atom stereocenters. The lowest BCUT2D eigenvalue weighted by Gasteiger charge is -2.12. The van der Waals surface area contributed by atoms with Gasteiger partial charge in [0, 0.05) is 7.11 Å². The largest absolute Gasteiger partial charge is 0.387 e. The van der Waals surface area contributed by atoms with Crippen molar-refractivity contribution >= 4 is 11.6 Å². The molecule has 0 spiro atoms. The van der Waals surface area contributed by atoms with Crippen LogP contribution in [-0.2, 0) is 11.3 Å². The van der Waals surface area contributed by atoms with Crippen LogP contribution in [0.3, 0.4) is 0 Å². The number of aliphatic hydroxyl groups is 1. The van der Waals surface area contributed by atoms with Gasteiger partial charge in [-0.15, -0.1) is 0 Å². The van der Waals surface area contributed by atoms with Crippen LogP contribution in [0.5, 0.6) is 0 Å². The predicted molar refractivity (Wildman–Crippen MR) is 57.7 cm³/mol. The Bertz CT molecular complexity index is 304. The molecule has 86 valence electrons.